The predicted octanol–water partition coefficient (Wildman–Crippen LogP) is 2.41. The average molecular weight is 246 g/mol. The minimum Gasteiger partial charge on any atom is -0.315 e. The number of carbonyl (C=O) groups excluding carboxylic acids is 1. The topological polar surface area (TPSA) is 29.1 Å². The van der Waals surface area contributed by atoms with Crippen molar-refractivity contribution in [3.05, 3.63) is 34.9 Å². The van der Waals surface area contributed by atoms with Crippen LogP contribution >= 0.6 is 24.0 Å². The summed E-state index contributed by atoms with van der Waals surface area (Å²) in [7, 11) is 0. The molecule has 0 saturated carbocycles. The molecule has 1 unspecified atom stereocenters. The Hall–Kier alpha value is -0.570. The average Bonchev–Trinajstić information content (AvgIpc) is 2.20. The number of hydrogen-bond donors (Lipinski definition) is 1. The fourth-order valence-electron chi connectivity index (χ4n) is 1.79. The van der Waals surface area contributed by atoms with Crippen LogP contribution in [0.2, 0.25) is 5.02 Å². The summed E-state index contributed by atoms with van der Waals surface area (Å²) >= 11 is 6.04. The lowest BCUT2D eigenvalue weighted by atomic mass is 9.90. The van der Waals surface area contributed by atoms with Crippen molar-refractivity contribution in [1.29, 1.82) is 0 Å². The van der Waals surface area contributed by atoms with Crippen LogP contribution < -0.4 is 5.32 Å². The molecule has 0 aromatic heterocycles. The monoisotopic (exact) mass is 245 g/mol. The number of nitrogens with one attached hydrogen (secondary N) is 1. The lowest BCUT2D eigenvalue weighted by Crippen LogP contribution is -2.35. The van der Waals surface area contributed by atoms with Gasteiger partial charge in [-0.2, -0.15) is 0 Å². The van der Waals surface area contributed by atoms with Gasteiger partial charge in [0.15, 0.2) is 0 Å². The van der Waals surface area contributed by atoms with Crippen LogP contribution in [-0.4, -0.2) is 18.9 Å². The molecule has 0 aliphatic carbocycles. The second-order valence-corrected chi connectivity index (χ2v) is 3.90. The van der Waals surface area contributed by atoms with Gasteiger partial charge in [0.1, 0.15) is 5.78 Å². The van der Waals surface area contributed by atoms with E-state index in [1.807, 2.05) is 24.3 Å². The largest absolute Gasteiger partial charge is 0.315 e. The molecule has 1 aromatic rings. The number of hydrogen-bond acceptors (Lipinski definition) is 2. The lowest BCUT2D eigenvalue weighted by Gasteiger charge is -2.22. The van der Waals surface area contributed by atoms with Crippen molar-refractivity contribution in [3.8, 4) is 0 Å². The molecule has 1 aliphatic heterocycles. The Kier molecular flexibility index (Phi) is 4.58. The van der Waals surface area contributed by atoms with Crippen molar-refractivity contribution in [2.75, 3.05) is 13.1 Å². The number of benzene rings is 1. The van der Waals surface area contributed by atoms with Crippen LogP contribution in [0.15, 0.2) is 24.3 Å². The molecule has 15 heavy (non-hydrogen) atoms. The third kappa shape index (κ3) is 2.71. The minimum atomic E-state index is -0.0579. The number of rotatable bonds is 1. The first-order valence-corrected chi connectivity index (χ1v) is 5.14. The zero-order chi connectivity index (χ0) is 9.97. The van der Waals surface area contributed by atoms with Crippen molar-refractivity contribution in [2.45, 2.75) is 12.3 Å². The highest BCUT2D eigenvalue weighted by Crippen LogP contribution is 2.26. The van der Waals surface area contributed by atoms with Crippen LogP contribution in [0.5, 0.6) is 0 Å². The summed E-state index contributed by atoms with van der Waals surface area (Å²) in [4.78, 5) is 11.6. The Labute approximate surface area is 100 Å². The minimum absolute atomic E-state index is 0. The number of Topliss-reactive ketones (excluding diaryl/α,β-unsaturated/α-hetero) is 1. The van der Waals surface area contributed by atoms with Gasteiger partial charge in [0.05, 0.1) is 5.92 Å². The maximum Gasteiger partial charge on any atom is 0.142 e. The van der Waals surface area contributed by atoms with E-state index in [0.29, 0.717) is 18.0 Å². The van der Waals surface area contributed by atoms with Crippen LogP contribution in [0.1, 0.15) is 17.9 Å². The fourth-order valence-corrected chi connectivity index (χ4v) is 2.05. The van der Waals surface area contributed by atoms with Gasteiger partial charge in [-0.1, -0.05) is 29.8 Å². The van der Waals surface area contributed by atoms with E-state index < -0.39 is 0 Å². The van der Waals surface area contributed by atoms with E-state index in [1.54, 1.807) is 0 Å². The van der Waals surface area contributed by atoms with Crippen molar-refractivity contribution in [2.24, 2.45) is 0 Å². The van der Waals surface area contributed by atoms with E-state index in [2.05, 4.69) is 5.32 Å². The SMILES string of the molecule is Cl.O=C1CCNCC1c1ccccc1Cl. The second kappa shape index (κ2) is 5.50. The van der Waals surface area contributed by atoms with Gasteiger partial charge < -0.3 is 5.32 Å². The molecule has 1 aromatic carbocycles. The zero-order valence-electron chi connectivity index (χ0n) is 8.20. The van der Waals surface area contributed by atoms with Crippen molar-refractivity contribution < 1.29 is 4.79 Å². The molecule has 1 fully saturated rings. The zero-order valence-corrected chi connectivity index (χ0v) is 9.77. The second-order valence-electron chi connectivity index (χ2n) is 3.49. The van der Waals surface area contributed by atoms with Crippen LogP contribution in [-0.2, 0) is 4.79 Å². The smallest absolute Gasteiger partial charge is 0.142 e. The molecule has 1 aliphatic rings. The van der Waals surface area contributed by atoms with E-state index >= 15 is 0 Å². The summed E-state index contributed by atoms with van der Waals surface area (Å²) in [6.07, 6.45) is 0.607. The number of halogens is 2. The predicted molar refractivity (Wildman–Crippen MR) is 63.9 cm³/mol. The van der Waals surface area contributed by atoms with Gasteiger partial charge in [0.25, 0.3) is 0 Å². The third-order valence-electron chi connectivity index (χ3n) is 2.57. The first kappa shape index (κ1) is 12.5. The normalized spacial score (nSPS) is 20.9. The molecule has 0 spiro atoms. The van der Waals surface area contributed by atoms with Gasteiger partial charge in [-0.05, 0) is 11.6 Å². The van der Waals surface area contributed by atoms with Gasteiger partial charge in [-0.25, -0.2) is 0 Å². The number of piperidine rings is 1. The summed E-state index contributed by atoms with van der Waals surface area (Å²) in [6.45, 7) is 1.50. The van der Waals surface area contributed by atoms with Gasteiger partial charge in [-0.15, -0.1) is 12.4 Å². The van der Waals surface area contributed by atoms with Crippen LogP contribution in [0.25, 0.3) is 0 Å². The van der Waals surface area contributed by atoms with Gasteiger partial charge >= 0.3 is 0 Å². The fraction of sp³-hybridized carbons (Fsp3) is 0.364. The van der Waals surface area contributed by atoms with E-state index in [1.165, 1.54) is 0 Å². The first-order chi connectivity index (χ1) is 6.79. The van der Waals surface area contributed by atoms with E-state index in [0.717, 1.165) is 12.1 Å². The summed E-state index contributed by atoms with van der Waals surface area (Å²) < 4.78 is 0. The molecule has 2 nitrogen and oxygen atoms in total. The summed E-state index contributed by atoms with van der Waals surface area (Å²) in [5.41, 5.74) is 0.950. The van der Waals surface area contributed by atoms with Crippen molar-refractivity contribution in [3.63, 3.8) is 0 Å². The number of ketones is 1. The van der Waals surface area contributed by atoms with E-state index in [4.69, 9.17) is 11.6 Å². The van der Waals surface area contributed by atoms with Gasteiger partial charge in [0.2, 0.25) is 0 Å². The molecule has 0 bridgehead atoms. The molecule has 1 atom stereocenters. The molecule has 1 saturated heterocycles. The Balaban J connectivity index is 0.00000112. The molecule has 82 valence electrons. The third-order valence-corrected chi connectivity index (χ3v) is 2.91. The highest BCUT2D eigenvalue weighted by atomic mass is 35.5. The Morgan fingerprint density at radius 3 is 2.73 bits per heavy atom. The van der Waals surface area contributed by atoms with Crippen LogP contribution in [0.4, 0.5) is 0 Å². The Morgan fingerprint density at radius 1 is 1.33 bits per heavy atom. The summed E-state index contributed by atoms with van der Waals surface area (Å²) in [5.74, 6) is 0.231. The molecule has 2 rings (SSSR count). The quantitative estimate of drug-likeness (QED) is 0.824. The van der Waals surface area contributed by atoms with Crippen LogP contribution in [0.3, 0.4) is 0 Å². The van der Waals surface area contributed by atoms with Gasteiger partial charge in [0, 0.05) is 24.5 Å². The molecule has 1 N–H and O–H groups in total. The summed E-state index contributed by atoms with van der Waals surface area (Å²) in [6, 6.07) is 7.56. The first-order valence-electron chi connectivity index (χ1n) is 4.77. The van der Waals surface area contributed by atoms with E-state index in [9.17, 15) is 4.79 Å². The molecule has 1 heterocycles. The Morgan fingerprint density at radius 2 is 2.07 bits per heavy atom. The molecule has 4 heteroatoms. The molecule has 0 amide bonds. The molecular formula is C11H13Cl2NO. The summed E-state index contributed by atoms with van der Waals surface area (Å²) in [5, 5.41) is 3.90. The number of carbonyl (C=O) groups is 1. The highest BCUT2D eigenvalue weighted by molar-refractivity contribution is 6.31. The lowest BCUT2D eigenvalue weighted by molar-refractivity contribution is -0.121. The standard InChI is InChI=1S/C11H12ClNO.ClH/c12-10-4-2-1-3-8(10)9-7-13-6-5-11(9)14;/h1-4,9,13H,5-7H2;1H. The maximum absolute atomic E-state index is 11.6. The van der Waals surface area contributed by atoms with Crippen LogP contribution in [0, 0.1) is 0 Å². The molecule has 0 radical (unpaired) electrons. The van der Waals surface area contributed by atoms with E-state index in [-0.39, 0.29) is 24.1 Å². The Bertz CT molecular complexity index is 354. The van der Waals surface area contributed by atoms with Gasteiger partial charge in [-0.3, -0.25) is 4.79 Å². The van der Waals surface area contributed by atoms with Crippen molar-refractivity contribution >= 4 is 29.8 Å². The highest BCUT2D eigenvalue weighted by Gasteiger charge is 2.24. The molecular weight excluding hydrogens is 233 g/mol. The maximum atomic E-state index is 11.6. The van der Waals surface area contributed by atoms with Crippen molar-refractivity contribution in [1.82, 2.24) is 5.32 Å².